The Labute approximate surface area is 487 Å². The van der Waals surface area contributed by atoms with E-state index in [4.69, 9.17) is 24.3 Å². The fraction of sp³-hybridized carbons (Fsp3) is 0.768. The minimum absolute atomic E-state index is 0.0516. The highest BCUT2D eigenvalue weighted by molar-refractivity contribution is 7.47. The molecule has 2 atom stereocenters. The first-order chi connectivity index (χ1) is 38.8. The van der Waals surface area contributed by atoms with Crippen molar-refractivity contribution in [3.63, 3.8) is 0 Å². The first-order valence-corrected chi connectivity index (χ1v) is 34.6. The second-order valence-corrected chi connectivity index (χ2v) is 23.4. The van der Waals surface area contributed by atoms with E-state index in [1.165, 1.54) is 199 Å². The van der Waals surface area contributed by atoms with E-state index in [9.17, 15) is 19.0 Å². The van der Waals surface area contributed by atoms with Crippen LogP contribution in [0.5, 0.6) is 0 Å². The zero-order valence-corrected chi connectivity index (χ0v) is 52.2. The van der Waals surface area contributed by atoms with Crippen LogP contribution >= 0.6 is 7.82 Å². The number of phosphoric acid groups is 1. The van der Waals surface area contributed by atoms with Crippen molar-refractivity contribution in [1.82, 2.24) is 0 Å². The average molecular weight is 1130 g/mol. The Hall–Kier alpha value is -2.81. The minimum Gasteiger partial charge on any atom is -0.462 e. The van der Waals surface area contributed by atoms with E-state index in [2.05, 4.69) is 98.9 Å². The molecule has 10 heteroatoms. The molecule has 0 radical (unpaired) electrons. The van der Waals surface area contributed by atoms with Gasteiger partial charge in [-0.25, -0.2) is 4.57 Å². The summed E-state index contributed by atoms with van der Waals surface area (Å²) in [5.41, 5.74) is 5.40. The molecule has 0 aromatic carbocycles. The SMILES string of the molecule is CC/C=C\C/C=C\C/C=C\C/C=C\C/C=C\CCCCCCCCCCCCCCCC(=O)OC(COC(=O)CCCCCCCCCCCCCCCCCCC/C=C\C/C=C\CCCCCCC)COP(=O)(O)OCCN. The highest BCUT2D eigenvalue weighted by Crippen LogP contribution is 2.43. The summed E-state index contributed by atoms with van der Waals surface area (Å²) in [6.07, 6.45) is 85.2. The summed E-state index contributed by atoms with van der Waals surface area (Å²) in [5.74, 6) is -0.820. The summed E-state index contributed by atoms with van der Waals surface area (Å²) in [5, 5.41) is 0. The van der Waals surface area contributed by atoms with Gasteiger partial charge in [0, 0.05) is 19.4 Å². The van der Waals surface area contributed by atoms with Gasteiger partial charge in [0.05, 0.1) is 13.2 Å². The third-order valence-electron chi connectivity index (χ3n) is 14.3. The molecule has 0 saturated carbocycles. The van der Waals surface area contributed by atoms with Crippen LogP contribution in [0.1, 0.15) is 309 Å². The van der Waals surface area contributed by atoms with Crippen LogP contribution in [0, 0.1) is 0 Å². The van der Waals surface area contributed by atoms with Crippen LogP contribution in [0.3, 0.4) is 0 Å². The predicted molar refractivity (Wildman–Crippen MR) is 339 cm³/mol. The lowest BCUT2D eigenvalue weighted by atomic mass is 10.0. The van der Waals surface area contributed by atoms with Crippen molar-refractivity contribution in [3.8, 4) is 0 Å². The molecule has 3 N–H and O–H groups in total. The van der Waals surface area contributed by atoms with Gasteiger partial charge in [-0.05, 0) is 89.9 Å². The van der Waals surface area contributed by atoms with Gasteiger partial charge < -0.3 is 20.1 Å². The standard InChI is InChI=1S/C69H124NO8P/c1-3-5-7-9-11-13-15-17-19-21-23-25-27-29-31-33-35-37-39-41-43-45-47-49-51-53-55-57-59-61-68(71)75-65-67(66-77-79(73,74)76-64-63-70)78-69(72)62-60-58-56-54-52-50-48-46-44-42-40-38-36-34-32-30-28-26-24-22-20-18-16-14-12-10-8-6-4-2/h6,8,12,14-15,17-18,20-21,23-24,26,30,32,67H,3-5,7,9-11,13,16,19,22,25,27-29,31,33-66,70H2,1-2H3,(H,73,74)/b8-6-,14-12-,17-15-,20-18-,23-21-,26-24-,32-30-. The quantitative estimate of drug-likeness (QED) is 0.0264. The van der Waals surface area contributed by atoms with E-state index in [0.717, 1.165) is 77.0 Å². The fourth-order valence-electron chi connectivity index (χ4n) is 9.40. The Bertz CT molecular complexity index is 1570. The van der Waals surface area contributed by atoms with Crippen molar-refractivity contribution >= 4 is 19.8 Å². The molecule has 0 fully saturated rings. The normalized spacial score (nSPS) is 13.5. The molecular formula is C69H124NO8P. The molecule has 0 rings (SSSR count). The number of allylic oxidation sites excluding steroid dienone is 14. The highest BCUT2D eigenvalue weighted by atomic mass is 31.2. The van der Waals surface area contributed by atoms with Gasteiger partial charge in [0.1, 0.15) is 6.61 Å². The summed E-state index contributed by atoms with van der Waals surface area (Å²) in [6.45, 7) is 3.66. The fourth-order valence-corrected chi connectivity index (χ4v) is 10.2. The molecule has 0 aliphatic heterocycles. The van der Waals surface area contributed by atoms with Crippen molar-refractivity contribution in [2.45, 2.75) is 315 Å². The topological polar surface area (TPSA) is 134 Å². The van der Waals surface area contributed by atoms with E-state index in [1.807, 2.05) is 0 Å². The van der Waals surface area contributed by atoms with Crippen molar-refractivity contribution in [2.24, 2.45) is 5.73 Å². The molecule has 0 aliphatic carbocycles. The van der Waals surface area contributed by atoms with E-state index in [-0.39, 0.29) is 38.6 Å². The average Bonchev–Trinajstić information content (AvgIpc) is 3.44. The third kappa shape index (κ3) is 64.2. The molecule has 9 nitrogen and oxygen atoms in total. The molecule has 0 saturated heterocycles. The zero-order chi connectivity index (χ0) is 57.3. The third-order valence-corrected chi connectivity index (χ3v) is 15.2. The van der Waals surface area contributed by atoms with Gasteiger partial charge in [0.25, 0.3) is 0 Å². The molecule has 0 aromatic heterocycles. The Kier molecular flexibility index (Phi) is 62.1. The van der Waals surface area contributed by atoms with Gasteiger partial charge in [-0.3, -0.25) is 18.6 Å². The smallest absolute Gasteiger partial charge is 0.462 e. The first-order valence-electron chi connectivity index (χ1n) is 33.1. The predicted octanol–water partition coefficient (Wildman–Crippen LogP) is 21.4. The maximum atomic E-state index is 12.7. The molecule has 0 heterocycles. The van der Waals surface area contributed by atoms with Crippen LogP contribution in [0.4, 0.5) is 0 Å². The largest absolute Gasteiger partial charge is 0.472 e. The monoisotopic (exact) mass is 1130 g/mol. The number of unbranched alkanes of at least 4 members (excludes halogenated alkanes) is 35. The second kappa shape index (κ2) is 64.4. The molecule has 0 amide bonds. The molecule has 0 aromatic rings. The number of hydrogen-bond acceptors (Lipinski definition) is 8. The van der Waals surface area contributed by atoms with E-state index >= 15 is 0 Å². The van der Waals surface area contributed by atoms with Gasteiger partial charge in [-0.15, -0.1) is 0 Å². The van der Waals surface area contributed by atoms with Crippen molar-refractivity contribution in [2.75, 3.05) is 26.4 Å². The van der Waals surface area contributed by atoms with Crippen LogP contribution in [-0.4, -0.2) is 49.3 Å². The first kappa shape index (κ1) is 76.2. The van der Waals surface area contributed by atoms with Gasteiger partial charge >= 0.3 is 19.8 Å². The molecule has 0 aliphatic rings. The van der Waals surface area contributed by atoms with Crippen LogP contribution in [0.2, 0.25) is 0 Å². The van der Waals surface area contributed by atoms with Crippen LogP contribution in [-0.2, 0) is 32.7 Å². The number of carbonyl (C=O) groups is 2. The van der Waals surface area contributed by atoms with E-state index in [0.29, 0.717) is 6.42 Å². The van der Waals surface area contributed by atoms with E-state index in [1.54, 1.807) is 0 Å². The summed E-state index contributed by atoms with van der Waals surface area (Å²) in [6, 6.07) is 0. The van der Waals surface area contributed by atoms with Gasteiger partial charge in [-0.2, -0.15) is 0 Å². The van der Waals surface area contributed by atoms with Crippen molar-refractivity contribution in [1.29, 1.82) is 0 Å². The Morgan fingerprint density at radius 3 is 1.04 bits per heavy atom. The maximum absolute atomic E-state index is 12.7. The zero-order valence-electron chi connectivity index (χ0n) is 51.3. The molecule has 79 heavy (non-hydrogen) atoms. The van der Waals surface area contributed by atoms with Gasteiger partial charge in [-0.1, -0.05) is 292 Å². The van der Waals surface area contributed by atoms with Gasteiger partial charge in [0.2, 0.25) is 0 Å². The number of ether oxygens (including phenoxy) is 2. The van der Waals surface area contributed by atoms with E-state index < -0.39 is 26.5 Å². The summed E-state index contributed by atoms with van der Waals surface area (Å²) in [4.78, 5) is 35.3. The summed E-state index contributed by atoms with van der Waals surface area (Å²) < 4.78 is 33.2. The number of carbonyl (C=O) groups excluding carboxylic acids is 2. The van der Waals surface area contributed by atoms with Gasteiger partial charge in [0.15, 0.2) is 6.10 Å². The van der Waals surface area contributed by atoms with Crippen LogP contribution in [0.25, 0.3) is 0 Å². The molecule has 2 unspecified atom stereocenters. The van der Waals surface area contributed by atoms with Crippen molar-refractivity contribution < 1.29 is 37.6 Å². The molecule has 0 bridgehead atoms. The Morgan fingerprint density at radius 2 is 0.696 bits per heavy atom. The molecule has 458 valence electrons. The number of esters is 2. The summed E-state index contributed by atoms with van der Waals surface area (Å²) in [7, 11) is -4.39. The number of phosphoric ester groups is 1. The Morgan fingerprint density at radius 1 is 0.392 bits per heavy atom. The minimum atomic E-state index is -4.39. The highest BCUT2D eigenvalue weighted by Gasteiger charge is 2.26. The molecule has 0 spiro atoms. The second-order valence-electron chi connectivity index (χ2n) is 22.0. The number of rotatable bonds is 62. The maximum Gasteiger partial charge on any atom is 0.472 e. The van der Waals surface area contributed by atoms with Crippen molar-refractivity contribution in [3.05, 3.63) is 85.1 Å². The molecular weight excluding hydrogens is 1000 g/mol. The van der Waals surface area contributed by atoms with Crippen LogP contribution < -0.4 is 5.73 Å². The lowest BCUT2D eigenvalue weighted by molar-refractivity contribution is -0.161. The lowest BCUT2D eigenvalue weighted by Crippen LogP contribution is -2.29. The number of hydrogen-bond donors (Lipinski definition) is 2. The Balaban J connectivity index is 3.90. The summed E-state index contributed by atoms with van der Waals surface area (Å²) >= 11 is 0. The van der Waals surface area contributed by atoms with Crippen LogP contribution in [0.15, 0.2) is 85.1 Å². The number of nitrogens with two attached hydrogens (primary N) is 1. The lowest BCUT2D eigenvalue weighted by Gasteiger charge is -2.19.